The van der Waals surface area contributed by atoms with Gasteiger partial charge in [0.2, 0.25) is 0 Å². The van der Waals surface area contributed by atoms with Gasteiger partial charge in [-0.15, -0.1) is 0 Å². The summed E-state index contributed by atoms with van der Waals surface area (Å²) in [5, 5.41) is 33.9. The Kier molecular flexibility index (Phi) is 5.58. The minimum absolute atomic E-state index is 0.0321. The van der Waals surface area contributed by atoms with Crippen LogP contribution in [0.5, 0.6) is 0 Å². The number of Topliss-reactive ketones (excluding diaryl/α,β-unsaturated/α-hetero) is 1. The smallest absolute Gasteiger partial charge is 0.411 e. The lowest BCUT2D eigenvalue weighted by Crippen LogP contribution is -2.66. The number of aliphatic hydroxyl groups excluding tert-OH is 2. The highest BCUT2D eigenvalue weighted by molar-refractivity contribution is 5.95. The first kappa shape index (κ1) is 25.7. The van der Waals surface area contributed by atoms with Gasteiger partial charge in [0.1, 0.15) is 12.1 Å². The Balaban J connectivity index is 1.58. The van der Waals surface area contributed by atoms with Gasteiger partial charge in [0.05, 0.1) is 12.0 Å². The van der Waals surface area contributed by atoms with Gasteiger partial charge in [-0.3, -0.25) is 9.69 Å². The summed E-state index contributed by atoms with van der Waals surface area (Å²) in [5.74, 6) is -1.28. The van der Waals surface area contributed by atoms with Gasteiger partial charge in [-0.25, -0.2) is 4.79 Å². The molecule has 0 aromatic carbocycles. The third kappa shape index (κ3) is 3.10. The van der Waals surface area contributed by atoms with Crippen molar-refractivity contribution in [3.05, 3.63) is 23.3 Å². The Morgan fingerprint density at radius 3 is 2.58 bits per heavy atom. The van der Waals surface area contributed by atoms with Crippen LogP contribution in [0.15, 0.2) is 23.3 Å². The van der Waals surface area contributed by atoms with Crippen molar-refractivity contribution in [2.45, 2.75) is 77.0 Å². The number of alkyl halides is 3. The molecule has 7 nitrogen and oxygen atoms in total. The lowest BCUT2D eigenvalue weighted by atomic mass is 9.59. The van der Waals surface area contributed by atoms with Crippen molar-refractivity contribution < 1.29 is 42.8 Å². The highest BCUT2D eigenvalue weighted by Gasteiger charge is 2.76. The van der Waals surface area contributed by atoms with Crippen molar-refractivity contribution in [1.29, 1.82) is 0 Å². The average molecular weight is 514 g/mol. The lowest BCUT2D eigenvalue weighted by Gasteiger charge is -2.49. The molecule has 10 heteroatoms. The van der Waals surface area contributed by atoms with Crippen LogP contribution in [-0.4, -0.2) is 75.3 Å². The third-order valence-corrected chi connectivity index (χ3v) is 9.98. The monoisotopic (exact) mass is 513 g/mol. The molecule has 9 atom stereocenters. The van der Waals surface area contributed by atoms with Crippen LogP contribution in [0.4, 0.5) is 18.0 Å². The normalized spacial score (nSPS) is 45.2. The molecule has 5 aliphatic rings. The zero-order valence-electron chi connectivity index (χ0n) is 20.9. The Labute approximate surface area is 208 Å². The van der Waals surface area contributed by atoms with Gasteiger partial charge in [0, 0.05) is 12.5 Å². The van der Waals surface area contributed by atoms with E-state index in [1.54, 1.807) is 19.1 Å². The van der Waals surface area contributed by atoms with Gasteiger partial charge in [0.25, 0.3) is 0 Å². The predicted octanol–water partition coefficient (Wildman–Crippen LogP) is 2.99. The summed E-state index contributed by atoms with van der Waals surface area (Å²) in [4.78, 5) is 27.9. The molecule has 3 fully saturated rings. The topological polar surface area (TPSA) is 107 Å². The molecule has 2 saturated carbocycles. The number of rotatable bonds is 2. The van der Waals surface area contributed by atoms with Crippen molar-refractivity contribution in [3.8, 4) is 0 Å². The van der Waals surface area contributed by atoms with E-state index in [4.69, 9.17) is 4.74 Å². The molecular formula is C26H34F3NO6. The summed E-state index contributed by atoms with van der Waals surface area (Å²) in [6, 6.07) is -2.00. The summed E-state index contributed by atoms with van der Waals surface area (Å²) in [6.07, 6.45) is -5.59. The summed E-state index contributed by atoms with van der Waals surface area (Å²) in [5.41, 5.74) is -3.79. The van der Waals surface area contributed by atoms with Crippen LogP contribution in [0.25, 0.3) is 0 Å². The molecule has 4 aliphatic carbocycles. The molecule has 2 bridgehead atoms. The summed E-state index contributed by atoms with van der Waals surface area (Å²) >= 11 is 0. The number of carbonyl (C=O) groups excluding carboxylic acids is 2. The van der Waals surface area contributed by atoms with Gasteiger partial charge in [-0.2, -0.15) is 13.2 Å². The third-order valence-electron chi connectivity index (χ3n) is 9.98. The van der Waals surface area contributed by atoms with Gasteiger partial charge in [-0.1, -0.05) is 32.9 Å². The molecule has 0 radical (unpaired) electrons. The molecule has 0 aromatic heterocycles. The number of amides is 1. The number of fused-ring (bicyclic) bond motifs is 3. The summed E-state index contributed by atoms with van der Waals surface area (Å²) in [6.45, 7) is 6.74. The maximum atomic E-state index is 14.3. The van der Waals surface area contributed by atoms with E-state index in [-0.39, 0.29) is 48.0 Å². The number of hydrogen-bond donors (Lipinski definition) is 3. The van der Waals surface area contributed by atoms with Crippen molar-refractivity contribution in [2.75, 3.05) is 13.2 Å². The lowest BCUT2D eigenvalue weighted by molar-refractivity contribution is -0.195. The Hall–Kier alpha value is -1.91. The van der Waals surface area contributed by atoms with Crippen LogP contribution >= 0.6 is 0 Å². The molecule has 0 aromatic rings. The maximum absolute atomic E-state index is 14.3. The first-order valence-electron chi connectivity index (χ1n) is 12.6. The Morgan fingerprint density at radius 1 is 1.31 bits per heavy atom. The second-order valence-corrected chi connectivity index (χ2v) is 12.0. The summed E-state index contributed by atoms with van der Waals surface area (Å²) in [7, 11) is 0. The van der Waals surface area contributed by atoms with E-state index in [0.717, 1.165) is 0 Å². The predicted molar refractivity (Wildman–Crippen MR) is 121 cm³/mol. The number of ketones is 1. The van der Waals surface area contributed by atoms with Gasteiger partial charge in [-0.05, 0) is 60.5 Å². The molecule has 5 rings (SSSR count). The van der Waals surface area contributed by atoms with E-state index in [2.05, 4.69) is 13.8 Å². The molecule has 1 heterocycles. The Bertz CT molecular complexity index is 1050. The van der Waals surface area contributed by atoms with E-state index >= 15 is 0 Å². The van der Waals surface area contributed by atoms with E-state index in [0.29, 0.717) is 16.9 Å². The highest BCUT2D eigenvalue weighted by Crippen LogP contribution is 2.71. The fraction of sp³-hybridized carbons (Fsp3) is 0.769. The van der Waals surface area contributed by atoms with Crippen molar-refractivity contribution >= 4 is 11.9 Å². The van der Waals surface area contributed by atoms with E-state index in [1.807, 2.05) is 6.92 Å². The zero-order chi connectivity index (χ0) is 26.6. The van der Waals surface area contributed by atoms with Crippen molar-refractivity contribution in [1.82, 2.24) is 4.90 Å². The van der Waals surface area contributed by atoms with Crippen LogP contribution in [0.1, 0.15) is 47.0 Å². The molecule has 1 saturated heterocycles. The number of allylic oxidation sites excluding steroid dienone is 1. The fourth-order valence-electron chi connectivity index (χ4n) is 8.09. The number of likely N-dealkylation sites (tertiary alicyclic amines) is 1. The molecule has 3 N–H and O–H groups in total. The molecular weight excluding hydrogens is 479 g/mol. The minimum atomic E-state index is -4.63. The number of hydrogen-bond acceptors (Lipinski definition) is 6. The number of aliphatic hydroxyl groups is 3. The van der Waals surface area contributed by atoms with E-state index < -0.39 is 60.0 Å². The fourth-order valence-corrected chi connectivity index (χ4v) is 8.09. The number of nitrogens with zero attached hydrogens (tertiary/aromatic N) is 1. The van der Waals surface area contributed by atoms with Crippen LogP contribution in [0.2, 0.25) is 0 Å². The summed E-state index contributed by atoms with van der Waals surface area (Å²) < 4.78 is 46.1. The van der Waals surface area contributed by atoms with Crippen LogP contribution < -0.4 is 0 Å². The number of halogens is 3. The van der Waals surface area contributed by atoms with Gasteiger partial charge in [0.15, 0.2) is 17.5 Å². The molecule has 36 heavy (non-hydrogen) atoms. The number of carbonyl (C=O) groups is 2. The minimum Gasteiger partial charge on any atom is -0.438 e. The van der Waals surface area contributed by atoms with E-state index in [1.165, 1.54) is 0 Å². The van der Waals surface area contributed by atoms with Crippen LogP contribution in [-0.2, 0) is 9.53 Å². The second-order valence-electron chi connectivity index (χ2n) is 12.0. The average Bonchev–Trinajstić information content (AvgIpc) is 3.11. The highest BCUT2D eigenvalue weighted by atomic mass is 19.4. The standard InChI is InChI=1S/C26H34F3NO6/c1-12-10-24-13(2)8-16-18(23(16,3)4)15(20(24)33)9-14(11-31)19(32)25(24,35)21(12)36-22(34)30-7-5-6-17(30)26(27,28)29/h9-10,13,15-19,21,31-32,35H,5-8,11H2,1-4H3/t13?,15-,16+,17?,18+,19+,21-,24?,25-/m0/s1. The van der Waals surface area contributed by atoms with E-state index in [9.17, 15) is 38.1 Å². The van der Waals surface area contributed by atoms with Crippen molar-refractivity contribution in [2.24, 2.45) is 34.5 Å². The molecule has 1 aliphatic heterocycles. The molecule has 3 unspecified atom stereocenters. The van der Waals surface area contributed by atoms with Gasteiger partial charge >= 0.3 is 12.3 Å². The quantitative estimate of drug-likeness (QED) is 0.490. The first-order chi connectivity index (χ1) is 16.6. The molecule has 200 valence electrons. The second kappa shape index (κ2) is 7.80. The number of ether oxygens (including phenoxy) is 1. The van der Waals surface area contributed by atoms with Crippen molar-refractivity contribution in [3.63, 3.8) is 0 Å². The first-order valence-corrected chi connectivity index (χ1v) is 12.6. The van der Waals surface area contributed by atoms with Gasteiger partial charge < -0.3 is 20.1 Å². The maximum Gasteiger partial charge on any atom is 0.411 e. The Morgan fingerprint density at radius 2 is 1.97 bits per heavy atom. The molecule has 1 amide bonds. The largest absolute Gasteiger partial charge is 0.438 e. The SMILES string of the molecule is CC1=CC23C(=O)[C@@H](C=C(CO)[C@@H](O)[C@]2(O)[C@H]1OC(=O)N1CCCC1C(F)(F)F)[C@@H]1[C@@H](CC3C)C1(C)C. The van der Waals surface area contributed by atoms with Crippen LogP contribution in [0.3, 0.4) is 0 Å². The van der Waals surface area contributed by atoms with Crippen LogP contribution in [0, 0.1) is 34.5 Å². The molecule has 1 spiro atoms. The zero-order valence-corrected chi connectivity index (χ0v) is 20.9.